The third-order valence-electron chi connectivity index (χ3n) is 4.30. The Morgan fingerprint density at radius 3 is 2.12 bits per heavy atom. The molecule has 24 heavy (non-hydrogen) atoms. The van der Waals surface area contributed by atoms with Crippen LogP contribution in [-0.4, -0.2) is 4.57 Å². The first-order chi connectivity index (χ1) is 11.8. The van der Waals surface area contributed by atoms with E-state index in [1.165, 1.54) is 0 Å². The molecule has 1 heterocycles. The molecule has 1 aromatic heterocycles. The highest BCUT2D eigenvalue weighted by Crippen LogP contribution is 2.33. The topological polar surface area (TPSA) is 52.5 Å². The van der Waals surface area contributed by atoms with E-state index in [1.807, 2.05) is 48.5 Å². The van der Waals surface area contributed by atoms with E-state index in [4.69, 9.17) is 0 Å². The zero-order valence-corrected chi connectivity index (χ0v) is 12.8. The van der Waals surface area contributed by atoms with Gasteiger partial charge in [-0.3, -0.25) is 0 Å². The number of para-hydroxylation sites is 2. The second-order valence-corrected chi connectivity index (χ2v) is 5.66. The number of rotatable bonds is 2. The molecule has 4 rings (SSSR count). The van der Waals surface area contributed by atoms with Gasteiger partial charge in [-0.2, -0.15) is 10.5 Å². The molecular formula is C21H13N3. The van der Waals surface area contributed by atoms with Crippen molar-refractivity contribution < 1.29 is 0 Å². The zero-order chi connectivity index (χ0) is 16.5. The predicted octanol–water partition coefficient (Wildman–Crippen LogP) is 4.91. The third kappa shape index (κ3) is 2.04. The summed E-state index contributed by atoms with van der Waals surface area (Å²) in [4.78, 5) is 0. The third-order valence-corrected chi connectivity index (χ3v) is 4.30. The van der Waals surface area contributed by atoms with E-state index >= 15 is 0 Å². The van der Waals surface area contributed by atoms with E-state index in [2.05, 4.69) is 41.0 Å². The number of fused-ring (bicyclic) bond motifs is 3. The van der Waals surface area contributed by atoms with Gasteiger partial charge in [0.1, 0.15) is 0 Å². The Kier molecular flexibility index (Phi) is 3.26. The van der Waals surface area contributed by atoms with Crippen LogP contribution in [0, 0.1) is 22.7 Å². The number of benzene rings is 3. The van der Waals surface area contributed by atoms with Gasteiger partial charge in [-0.15, -0.1) is 0 Å². The summed E-state index contributed by atoms with van der Waals surface area (Å²) in [6.45, 7) is 0. The molecule has 3 aromatic carbocycles. The summed E-state index contributed by atoms with van der Waals surface area (Å²) in [6, 6.07) is 28.3. The monoisotopic (exact) mass is 307 g/mol. The van der Waals surface area contributed by atoms with Crippen LogP contribution in [0.2, 0.25) is 0 Å². The van der Waals surface area contributed by atoms with Crippen LogP contribution < -0.4 is 0 Å². The minimum absolute atomic E-state index is 0.739. The highest BCUT2D eigenvalue weighted by atomic mass is 15.0. The molecule has 0 fully saturated rings. The molecule has 0 spiro atoms. The molecule has 0 atom stereocenters. The lowest BCUT2D eigenvalue weighted by Gasteiger charge is -2.07. The van der Waals surface area contributed by atoms with Crippen molar-refractivity contribution in [2.75, 3.05) is 0 Å². The highest BCUT2D eigenvalue weighted by Gasteiger charge is 2.15. The van der Waals surface area contributed by atoms with E-state index in [9.17, 15) is 10.5 Å². The van der Waals surface area contributed by atoms with Gasteiger partial charge in [0.05, 0.1) is 23.2 Å². The van der Waals surface area contributed by atoms with Gasteiger partial charge in [-0.05, 0) is 35.9 Å². The Hall–Kier alpha value is -3.56. The fourth-order valence-electron chi connectivity index (χ4n) is 3.20. The predicted molar refractivity (Wildman–Crippen MR) is 94.7 cm³/mol. The average molecular weight is 307 g/mol. The molecule has 0 unspecified atom stereocenters. The smallest absolute Gasteiger partial charge is 0.158 e. The van der Waals surface area contributed by atoms with Crippen molar-refractivity contribution in [2.24, 2.45) is 0 Å². The van der Waals surface area contributed by atoms with E-state index < -0.39 is 5.92 Å². The lowest BCUT2D eigenvalue weighted by atomic mass is 10.00. The van der Waals surface area contributed by atoms with Crippen LogP contribution in [0.3, 0.4) is 0 Å². The minimum atomic E-state index is -0.742. The van der Waals surface area contributed by atoms with Gasteiger partial charge in [-0.1, -0.05) is 42.5 Å². The summed E-state index contributed by atoms with van der Waals surface area (Å²) >= 11 is 0. The fraction of sp³-hybridized carbons (Fsp3) is 0.0476. The Labute approximate surface area is 139 Å². The molecule has 0 saturated carbocycles. The van der Waals surface area contributed by atoms with E-state index in [0.29, 0.717) is 0 Å². The van der Waals surface area contributed by atoms with Gasteiger partial charge < -0.3 is 4.57 Å². The van der Waals surface area contributed by atoms with Crippen LogP contribution >= 0.6 is 0 Å². The first-order valence-corrected chi connectivity index (χ1v) is 7.71. The molecule has 112 valence electrons. The van der Waals surface area contributed by atoms with Crippen molar-refractivity contribution in [3.8, 4) is 17.8 Å². The quantitative estimate of drug-likeness (QED) is 0.528. The standard InChI is InChI=1S/C21H13N3/c22-13-16(14-23)15-10-11-21-19(12-15)18-8-4-5-9-20(18)24(21)17-6-2-1-3-7-17/h1-12,16H. The Bertz CT molecular complexity index is 1110. The number of nitriles is 2. The van der Waals surface area contributed by atoms with Crippen molar-refractivity contribution in [2.45, 2.75) is 5.92 Å². The van der Waals surface area contributed by atoms with Crippen LogP contribution in [-0.2, 0) is 0 Å². The molecule has 0 aliphatic carbocycles. The van der Waals surface area contributed by atoms with E-state index in [-0.39, 0.29) is 0 Å². The highest BCUT2D eigenvalue weighted by molar-refractivity contribution is 6.09. The summed E-state index contributed by atoms with van der Waals surface area (Å²) in [5.74, 6) is -0.742. The minimum Gasteiger partial charge on any atom is -0.309 e. The molecule has 0 bridgehead atoms. The van der Waals surface area contributed by atoms with Crippen molar-refractivity contribution in [1.82, 2.24) is 4.57 Å². The van der Waals surface area contributed by atoms with Gasteiger partial charge in [-0.25, -0.2) is 0 Å². The van der Waals surface area contributed by atoms with Crippen molar-refractivity contribution in [3.63, 3.8) is 0 Å². The fourth-order valence-corrected chi connectivity index (χ4v) is 3.20. The Morgan fingerprint density at radius 1 is 0.708 bits per heavy atom. The molecule has 4 aromatic rings. The maximum atomic E-state index is 9.17. The molecule has 0 N–H and O–H groups in total. The van der Waals surface area contributed by atoms with Gasteiger partial charge >= 0.3 is 0 Å². The van der Waals surface area contributed by atoms with Gasteiger partial charge in [0, 0.05) is 16.5 Å². The second-order valence-electron chi connectivity index (χ2n) is 5.66. The SMILES string of the molecule is N#CC(C#N)c1ccc2c(c1)c1ccccc1n2-c1ccccc1. The molecular weight excluding hydrogens is 294 g/mol. The molecule has 0 radical (unpaired) electrons. The van der Waals surface area contributed by atoms with Crippen LogP contribution in [0.25, 0.3) is 27.5 Å². The first kappa shape index (κ1) is 14.1. The van der Waals surface area contributed by atoms with Crippen molar-refractivity contribution >= 4 is 21.8 Å². The summed E-state index contributed by atoms with van der Waals surface area (Å²) < 4.78 is 2.21. The molecule has 0 amide bonds. The second kappa shape index (κ2) is 5.57. The number of hydrogen-bond donors (Lipinski definition) is 0. The van der Waals surface area contributed by atoms with E-state index in [0.717, 1.165) is 33.1 Å². The van der Waals surface area contributed by atoms with Gasteiger partial charge in [0.25, 0.3) is 0 Å². The average Bonchev–Trinajstić information content (AvgIpc) is 2.97. The van der Waals surface area contributed by atoms with Crippen molar-refractivity contribution in [1.29, 1.82) is 10.5 Å². The van der Waals surface area contributed by atoms with Crippen LogP contribution in [0.15, 0.2) is 72.8 Å². The van der Waals surface area contributed by atoms with E-state index in [1.54, 1.807) is 0 Å². The molecule has 3 nitrogen and oxygen atoms in total. The number of nitrogens with zero attached hydrogens (tertiary/aromatic N) is 3. The summed E-state index contributed by atoms with van der Waals surface area (Å²) in [5.41, 5.74) is 4.01. The lowest BCUT2D eigenvalue weighted by molar-refractivity contribution is 1.10. The summed E-state index contributed by atoms with van der Waals surface area (Å²) in [7, 11) is 0. The van der Waals surface area contributed by atoms with Gasteiger partial charge in [0.2, 0.25) is 0 Å². The zero-order valence-electron chi connectivity index (χ0n) is 12.8. The molecule has 0 aliphatic heterocycles. The normalized spacial score (nSPS) is 10.8. The Morgan fingerprint density at radius 2 is 1.38 bits per heavy atom. The van der Waals surface area contributed by atoms with Crippen LogP contribution in [0.1, 0.15) is 11.5 Å². The van der Waals surface area contributed by atoms with Gasteiger partial charge in [0.15, 0.2) is 5.92 Å². The Balaban J connectivity index is 2.10. The maximum Gasteiger partial charge on any atom is 0.158 e. The van der Waals surface area contributed by atoms with Crippen LogP contribution in [0.5, 0.6) is 0 Å². The maximum absolute atomic E-state index is 9.17. The molecule has 0 saturated heterocycles. The summed E-state index contributed by atoms with van der Waals surface area (Å²) in [6.07, 6.45) is 0. The largest absolute Gasteiger partial charge is 0.309 e. The number of aromatic nitrogens is 1. The number of hydrogen-bond acceptors (Lipinski definition) is 2. The molecule has 0 aliphatic rings. The molecule has 3 heteroatoms. The van der Waals surface area contributed by atoms with Crippen molar-refractivity contribution in [3.05, 3.63) is 78.4 Å². The first-order valence-electron chi connectivity index (χ1n) is 7.71. The van der Waals surface area contributed by atoms with Crippen LogP contribution in [0.4, 0.5) is 0 Å². The summed E-state index contributed by atoms with van der Waals surface area (Å²) in [5, 5.41) is 20.5. The lowest BCUT2D eigenvalue weighted by Crippen LogP contribution is -1.94.